The second-order valence-electron chi connectivity index (χ2n) is 5.53. The van der Waals surface area contributed by atoms with Gasteiger partial charge in [0.2, 0.25) is 0 Å². The van der Waals surface area contributed by atoms with Gasteiger partial charge in [-0.1, -0.05) is 0 Å². The number of aromatic nitrogens is 2. The molecule has 0 unspecified atom stereocenters. The Morgan fingerprint density at radius 1 is 1.41 bits per heavy atom. The minimum atomic E-state index is -0.251. The molecule has 17 heavy (non-hydrogen) atoms. The summed E-state index contributed by atoms with van der Waals surface area (Å²) in [6, 6.07) is 0.0201. The van der Waals surface area contributed by atoms with Gasteiger partial charge in [0, 0.05) is 24.3 Å². The van der Waals surface area contributed by atoms with Gasteiger partial charge in [-0.3, -0.25) is 9.58 Å². The minimum Gasteiger partial charge on any atom is -0.439 e. The number of cyclic esters (lactones) is 1. The molecule has 1 amide bonds. The lowest BCUT2D eigenvalue weighted by Gasteiger charge is -2.33. The maximum Gasteiger partial charge on any atom is 0.411 e. The summed E-state index contributed by atoms with van der Waals surface area (Å²) < 4.78 is 7.16. The average molecular weight is 237 g/mol. The van der Waals surface area contributed by atoms with Crippen LogP contribution in [-0.2, 0) is 11.8 Å². The Bertz CT molecular complexity index is 433. The number of carbonyl (C=O) groups is 1. The Morgan fingerprint density at radius 3 is 2.47 bits per heavy atom. The van der Waals surface area contributed by atoms with Crippen molar-refractivity contribution in [2.24, 2.45) is 7.05 Å². The van der Waals surface area contributed by atoms with E-state index in [0.717, 1.165) is 5.56 Å². The number of hydrogen-bond donors (Lipinski definition) is 0. The minimum absolute atomic E-state index is 0.0201. The fraction of sp³-hybridized carbons (Fsp3) is 0.667. The average Bonchev–Trinajstić information content (AvgIpc) is 2.69. The summed E-state index contributed by atoms with van der Waals surface area (Å²) in [5, 5.41) is 4.11. The van der Waals surface area contributed by atoms with Gasteiger partial charge in [-0.15, -0.1) is 0 Å². The van der Waals surface area contributed by atoms with Gasteiger partial charge < -0.3 is 4.74 Å². The summed E-state index contributed by atoms with van der Waals surface area (Å²) in [4.78, 5) is 13.7. The highest BCUT2D eigenvalue weighted by Gasteiger charge is 2.45. The number of nitrogens with zero attached hydrogens (tertiary/aromatic N) is 3. The first-order chi connectivity index (χ1) is 7.80. The van der Waals surface area contributed by atoms with Crippen LogP contribution in [0.4, 0.5) is 4.79 Å². The smallest absolute Gasteiger partial charge is 0.411 e. The Balaban J connectivity index is 2.27. The van der Waals surface area contributed by atoms with Crippen molar-refractivity contribution in [2.75, 3.05) is 0 Å². The number of ether oxygens (including phenoxy) is 1. The molecule has 1 saturated heterocycles. The summed E-state index contributed by atoms with van der Waals surface area (Å²) in [7, 11) is 1.85. The van der Waals surface area contributed by atoms with E-state index in [4.69, 9.17) is 4.74 Å². The molecule has 5 heteroatoms. The first-order valence-corrected chi connectivity index (χ1v) is 5.79. The third kappa shape index (κ3) is 2.01. The molecule has 0 aromatic carbocycles. The highest BCUT2D eigenvalue weighted by Crippen LogP contribution is 2.36. The van der Waals surface area contributed by atoms with Crippen molar-refractivity contribution >= 4 is 6.09 Å². The van der Waals surface area contributed by atoms with Crippen LogP contribution in [0.3, 0.4) is 0 Å². The lowest BCUT2D eigenvalue weighted by Crippen LogP contribution is -2.46. The van der Waals surface area contributed by atoms with Crippen molar-refractivity contribution < 1.29 is 9.53 Å². The molecule has 1 fully saturated rings. The lowest BCUT2D eigenvalue weighted by molar-refractivity contribution is 0.119. The molecule has 1 aliphatic heterocycles. The van der Waals surface area contributed by atoms with Crippen molar-refractivity contribution in [1.82, 2.24) is 14.7 Å². The van der Waals surface area contributed by atoms with Crippen molar-refractivity contribution in [2.45, 2.75) is 45.4 Å². The Hall–Kier alpha value is -1.52. The SMILES string of the molecule is C[C@H]1[C@@H](c2cnn(C)c2)OC(=O)N1C(C)(C)C. The molecule has 0 saturated carbocycles. The van der Waals surface area contributed by atoms with Gasteiger partial charge in [0.25, 0.3) is 0 Å². The number of aryl methyl sites for hydroxylation is 1. The summed E-state index contributed by atoms with van der Waals surface area (Å²) in [5.74, 6) is 0. The molecule has 2 rings (SSSR count). The van der Waals surface area contributed by atoms with E-state index in [1.165, 1.54) is 0 Å². The van der Waals surface area contributed by atoms with Crippen LogP contribution in [0.5, 0.6) is 0 Å². The number of carbonyl (C=O) groups excluding carboxylic acids is 1. The Morgan fingerprint density at radius 2 is 2.06 bits per heavy atom. The van der Waals surface area contributed by atoms with Crippen LogP contribution in [0.2, 0.25) is 0 Å². The van der Waals surface area contributed by atoms with E-state index >= 15 is 0 Å². The van der Waals surface area contributed by atoms with Crippen LogP contribution in [0, 0.1) is 0 Å². The van der Waals surface area contributed by atoms with Crippen LogP contribution in [0.25, 0.3) is 0 Å². The molecule has 94 valence electrons. The number of amides is 1. The molecule has 0 radical (unpaired) electrons. The van der Waals surface area contributed by atoms with Crippen molar-refractivity contribution in [3.63, 3.8) is 0 Å². The predicted octanol–water partition coefficient (Wildman–Crippen LogP) is 2.10. The van der Waals surface area contributed by atoms with Crippen LogP contribution < -0.4 is 0 Å². The largest absolute Gasteiger partial charge is 0.439 e. The fourth-order valence-electron chi connectivity index (χ4n) is 2.38. The van der Waals surface area contributed by atoms with Crippen molar-refractivity contribution in [1.29, 1.82) is 0 Å². The second kappa shape index (κ2) is 3.75. The summed E-state index contributed by atoms with van der Waals surface area (Å²) in [6.07, 6.45) is 3.16. The molecule has 1 aromatic heterocycles. The first-order valence-electron chi connectivity index (χ1n) is 5.79. The Labute approximate surface area is 101 Å². The van der Waals surface area contributed by atoms with E-state index in [1.54, 1.807) is 15.8 Å². The summed E-state index contributed by atoms with van der Waals surface area (Å²) in [6.45, 7) is 8.04. The Kier molecular flexibility index (Phi) is 2.64. The highest BCUT2D eigenvalue weighted by atomic mass is 16.6. The van der Waals surface area contributed by atoms with Gasteiger partial charge in [-0.05, 0) is 27.7 Å². The topological polar surface area (TPSA) is 47.4 Å². The fourth-order valence-corrected chi connectivity index (χ4v) is 2.38. The van der Waals surface area contributed by atoms with Gasteiger partial charge in [0.15, 0.2) is 6.10 Å². The van der Waals surface area contributed by atoms with Crippen LogP contribution in [0.15, 0.2) is 12.4 Å². The molecule has 1 aliphatic rings. The molecule has 5 nitrogen and oxygen atoms in total. The third-order valence-corrected chi connectivity index (χ3v) is 3.05. The molecule has 2 heterocycles. The zero-order chi connectivity index (χ0) is 12.8. The number of hydrogen-bond acceptors (Lipinski definition) is 3. The van der Waals surface area contributed by atoms with Gasteiger partial charge in [-0.25, -0.2) is 4.79 Å². The van der Waals surface area contributed by atoms with E-state index in [9.17, 15) is 4.79 Å². The van der Waals surface area contributed by atoms with E-state index in [-0.39, 0.29) is 23.8 Å². The summed E-state index contributed by atoms with van der Waals surface area (Å²) >= 11 is 0. The first kappa shape index (κ1) is 12.0. The normalized spacial score (nSPS) is 25.2. The maximum absolute atomic E-state index is 11.9. The lowest BCUT2D eigenvalue weighted by atomic mass is 10.0. The molecular weight excluding hydrogens is 218 g/mol. The van der Waals surface area contributed by atoms with E-state index in [2.05, 4.69) is 5.10 Å². The van der Waals surface area contributed by atoms with Crippen LogP contribution in [-0.4, -0.2) is 32.4 Å². The predicted molar refractivity (Wildman–Crippen MR) is 63.5 cm³/mol. The zero-order valence-electron chi connectivity index (χ0n) is 11.0. The molecule has 0 bridgehead atoms. The standard InChI is InChI=1S/C12H19N3O2/c1-8-10(9-6-13-14(5)7-9)17-11(16)15(8)12(2,3)4/h6-8,10H,1-5H3/t8-,10-/m0/s1. The molecular formula is C12H19N3O2. The second-order valence-corrected chi connectivity index (χ2v) is 5.53. The van der Waals surface area contributed by atoms with E-state index in [1.807, 2.05) is 40.9 Å². The third-order valence-electron chi connectivity index (χ3n) is 3.05. The number of rotatable bonds is 1. The molecule has 2 atom stereocenters. The monoisotopic (exact) mass is 237 g/mol. The van der Waals surface area contributed by atoms with Gasteiger partial charge >= 0.3 is 6.09 Å². The zero-order valence-corrected chi connectivity index (χ0v) is 11.0. The van der Waals surface area contributed by atoms with Gasteiger partial charge in [0.1, 0.15) is 0 Å². The van der Waals surface area contributed by atoms with Crippen LogP contribution >= 0.6 is 0 Å². The molecule has 1 aromatic rings. The molecule has 0 spiro atoms. The maximum atomic E-state index is 11.9. The van der Waals surface area contributed by atoms with Crippen LogP contribution in [0.1, 0.15) is 39.4 Å². The van der Waals surface area contributed by atoms with Gasteiger partial charge in [0.05, 0.1) is 12.2 Å². The molecule has 0 aliphatic carbocycles. The molecule has 0 N–H and O–H groups in total. The quantitative estimate of drug-likeness (QED) is 0.751. The van der Waals surface area contributed by atoms with E-state index in [0.29, 0.717) is 0 Å². The van der Waals surface area contributed by atoms with E-state index < -0.39 is 0 Å². The van der Waals surface area contributed by atoms with Crippen molar-refractivity contribution in [3.8, 4) is 0 Å². The van der Waals surface area contributed by atoms with Gasteiger partial charge in [-0.2, -0.15) is 5.10 Å². The highest BCUT2D eigenvalue weighted by molar-refractivity contribution is 5.72. The summed E-state index contributed by atoms with van der Waals surface area (Å²) in [5.41, 5.74) is 0.716. The van der Waals surface area contributed by atoms with Crippen molar-refractivity contribution in [3.05, 3.63) is 18.0 Å².